The van der Waals surface area contributed by atoms with Crippen LogP contribution in [0.3, 0.4) is 0 Å². The van der Waals surface area contributed by atoms with Crippen molar-refractivity contribution in [1.29, 1.82) is 0 Å². The Labute approximate surface area is 134 Å². The lowest BCUT2D eigenvalue weighted by Crippen LogP contribution is -2.23. The van der Waals surface area contributed by atoms with Crippen molar-refractivity contribution in [3.8, 4) is 0 Å². The van der Waals surface area contributed by atoms with Crippen LogP contribution in [0.5, 0.6) is 0 Å². The molecule has 3 aromatic rings. The Morgan fingerprint density at radius 3 is 2.64 bits per heavy atom. The normalized spacial score (nSPS) is 12.1. The van der Waals surface area contributed by atoms with E-state index in [1.54, 1.807) is 5.38 Å². The van der Waals surface area contributed by atoms with Crippen molar-refractivity contribution in [2.24, 2.45) is 0 Å². The number of nitrogens with one attached hydrogen (secondary N) is 3. The fourth-order valence-corrected chi connectivity index (χ4v) is 4.14. The number of fused-ring (bicyclic) bond motifs is 1. The van der Waals surface area contributed by atoms with E-state index in [0.29, 0.717) is 16.7 Å². The largest absolute Gasteiger partial charge is 0.323 e. The predicted octanol–water partition coefficient (Wildman–Crippen LogP) is 1.75. The molecule has 0 radical (unpaired) electrons. The van der Waals surface area contributed by atoms with Crippen LogP contribution in [0.4, 0.5) is 0 Å². The van der Waals surface area contributed by atoms with Gasteiger partial charge in [-0.1, -0.05) is 11.6 Å². The number of halogens is 1. The maximum atomic E-state index is 12.4. The van der Waals surface area contributed by atoms with Gasteiger partial charge in [-0.25, -0.2) is 22.9 Å². The summed E-state index contributed by atoms with van der Waals surface area (Å²) >= 11 is 7.46. The van der Waals surface area contributed by atoms with Gasteiger partial charge in [0.1, 0.15) is 4.90 Å². The van der Waals surface area contributed by atoms with E-state index in [-0.39, 0.29) is 16.5 Å². The quantitative estimate of drug-likeness (QED) is 0.660. The minimum atomic E-state index is -3.82. The zero-order valence-corrected chi connectivity index (χ0v) is 13.7. The molecule has 2 aromatic heterocycles. The Bertz CT molecular complexity index is 1000. The van der Waals surface area contributed by atoms with Crippen LogP contribution < -0.4 is 10.4 Å². The van der Waals surface area contributed by atoms with Crippen molar-refractivity contribution in [3.63, 3.8) is 0 Å². The molecule has 0 bridgehead atoms. The molecule has 1 aromatic carbocycles. The second-order valence-corrected chi connectivity index (χ2v) is 7.79. The van der Waals surface area contributed by atoms with Gasteiger partial charge in [0.25, 0.3) is 0 Å². The van der Waals surface area contributed by atoms with Gasteiger partial charge < -0.3 is 9.97 Å². The first-order valence-corrected chi connectivity index (χ1v) is 8.91. The number of aromatic amines is 2. The summed E-state index contributed by atoms with van der Waals surface area (Å²) in [7, 11) is -3.82. The molecule has 0 fully saturated rings. The lowest BCUT2D eigenvalue weighted by molar-refractivity contribution is 0.580. The van der Waals surface area contributed by atoms with Gasteiger partial charge in [0.15, 0.2) is 0 Å². The zero-order valence-electron chi connectivity index (χ0n) is 11.3. The lowest BCUT2D eigenvalue weighted by Gasteiger charge is -2.07. The van der Waals surface area contributed by atoms with E-state index in [1.807, 2.05) is 6.92 Å². The summed E-state index contributed by atoms with van der Waals surface area (Å²) in [4.78, 5) is 20.4. The first-order valence-electron chi connectivity index (χ1n) is 6.17. The number of aryl methyl sites for hydroxylation is 1. The second-order valence-electron chi connectivity index (χ2n) is 4.59. The molecular weight excluding hydrogens is 348 g/mol. The number of benzene rings is 1. The van der Waals surface area contributed by atoms with Gasteiger partial charge in [0, 0.05) is 5.38 Å². The molecule has 116 valence electrons. The van der Waals surface area contributed by atoms with E-state index in [9.17, 15) is 13.2 Å². The molecule has 10 heteroatoms. The maximum Gasteiger partial charge on any atom is 0.323 e. The van der Waals surface area contributed by atoms with Crippen molar-refractivity contribution in [2.75, 3.05) is 0 Å². The Hall–Kier alpha value is -1.68. The van der Waals surface area contributed by atoms with Crippen LogP contribution in [0.1, 0.15) is 10.7 Å². The second kappa shape index (κ2) is 5.51. The Morgan fingerprint density at radius 1 is 1.32 bits per heavy atom. The molecule has 3 N–H and O–H groups in total. The molecule has 7 nitrogen and oxygen atoms in total. The molecule has 3 rings (SSSR count). The van der Waals surface area contributed by atoms with Crippen molar-refractivity contribution in [3.05, 3.63) is 43.7 Å². The summed E-state index contributed by atoms with van der Waals surface area (Å²) < 4.78 is 27.2. The van der Waals surface area contributed by atoms with Crippen LogP contribution in [0.2, 0.25) is 5.02 Å². The van der Waals surface area contributed by atoms with Gasteiger partial charge in [0.2, 0.25) is 10.0 Å². The molecule has 0 unspecified atom stereocenters. The molecule has 0 saturated heterocycles. The SMILES string of the molecule is Cc1nc(CNS(=O)(=O)c2cc3[nH]c(=O)[nH]c3cc2Cl)cs1. The maximum absolute atomic E-state index is 12.4. The average Bonchev–Trinajstić information content (AvgIpc) is 3.00. The fraction of sp³-hybridized carbons (Fsp3) is 0.167. The number of aromatic nitrogens is 3. The van der Waals surface area contributed by atoms with Crippen molar-refractivity contribution >= 4 is 44.0 Å². The van der Waals surface area contributed by atoms with Crippen LogP contribution in [0, 0.1) is 6.92 Å². The summed E-state index contributed by atoms with van der Waals surface area (Å²) in [6.45, 7) is 1.92. The van der Waals surface area contributed by atoms with Crippen LogP contribution in [-0.4, -0.2) is 23.4 Å². The van der Waals surface area contributed by atoms with Crippen LogP contribution in [0.15, 0.2) is 27.2 Å². The number of nitrogens with zero attached hydrogens (tertiary/aromatic N) is 1. The van der Waals surface area contributed by atoms with Crippen LogP contribution in [-0.2, 0) is 16.6 Å². The predicted molar refractivity (Wildman–Crippen MR) is 84.8 cm³/mol. The Kier molecular flexibility index (Phi) is 3.81. The van der Waals surface area contributed by atoms with E-state index in [2.05, 4.69) is 19.7 Å². The molecule has 0 spiro atoms. The molecule has 22 heavy (non-hydrogen) atoms. The molecule has 0 aliphatic carbocycles. The summed E-state index contributed by atoms with van der Waals surface area (Å²) in [6, 6.07) is 2.72. The summed E-state index contributed by atoms with van der Waals surface area (Å²) in [5, 5.41) is 2.68. The van der Waals surface area contributed by atoms with Crippen LogP contribution >= 0.6 is 22.9 Å². The first-order chi connectivity index (χ1) is 10.3. The number of hydrogen-bond donors (Lipinski definition) is 3. The van der Waals surface area contributed by atoms with Gasteiger partial charge in [0.05, 0.1) is 33.3 Å². The molecular formula is C12H11ClN4O3S2. The highest BCUT2D eigenvalue weighted by atomic mass is 35.5. The lowest BCUT2D eigenvalue weighted by atomic mass is 10.3. The molecule has 0 amide bonds. The molecule has 0 aliphatic rings. The van der Waals surface area contributed by atoms with Crippen LogP contribution in [0.25, 0.3) is 11.0 Å². The number of H-pyrrole nitrogens is 2. The zero-order chi connectivity index (χ0) is 15.9. The smallest absolute Gasteiger partial charge is 0.306 e. The number of hydrogen-bond acceptors (Lipinski definition) is 5. The van der Waals surface area contributed by atoms with E-state index >= 15 is 0 Å². The third kappa shape index (κ3) is 2.93. The number of thiazole rings is 1. The topological polar surface area (TPSA) is 108 Å². The van der Waals surface area contributed by atoms with Crippen molar-refractivity contribution in [2.45, 2.75) is 18.4 Å². The Morgan fingerprint density at radius 2 is 2.00 bits per heavy atom. The molecule has 0 aliphatic heterocycles. The van der Waals surface area contributed by atoms with E-state index < -0.39 is 15.7 Å². The van der Waals surface area contributed by atoms with E-state index in [0.717, 1.165) is 5.01 Å². The van der Waals surface area contributed by atoms with Gasteiger partial charge in [-0.15, -0.1) is 11.3 Å². The van der Waals surface area contributed by atoms with Gasteiger partial charge in [-0.2, -0.15) is 0 Å². The van der Waals surface area contributed by atoms with Gasteiger partial charge >= 0.3 is 5.69 Å². The number of rotatable bonds is 4. The standard InChI is InChI=1S/C12H11ClN4O3S2/c1-6-15-7(5-21-6)4-14-22(19,20)11-3-10-9(2-8(11)13)16-12(18)17-10/h2-3,5,14H,4H2,1H3,(H2,16,17,18). The third-order valence-corrected chi connectivity index (χ3v) is 5.66. The van der Waals surface area contributed by atoms with E-state index in [4.69, 9.17) is 11.6 Å². The minimum absolute atomic E-state index is 0.0321. The van der Waals surface area contributed by atoms with E-state index in [1.165, 1.54) is 23.5 Å². The third-order valence-electron chi connectivity index (χ3n) is 2.97. The highest BCUT2D eigenvalue weighted by molar-refractivity contribution is 7.89. The summed E-state index contributed by atoms with van der Waals surface area (Å²) in [6.07, 6.45) is 0. The van der Waals surface area contributed by atoms with Crippen molar-refractivity contribution in [1.82, 2.24) is 19.7 Å². The Balaban J connectivity index is 1.94. The molecule has 2 heterocycles. The number of sulfonamides is 1. The summed E-state index contributed by atoms with van der Waals surface area (Å²) in [5.74, 6) is 0. The number of imidazole rings is 1. The molecule has 0 saturated carbocycles. The van der Waals surface area contributed by atoms with Gasteiger partial charge in [-0.05, 0) is 19.1 Å². The highest BCUT2D eigenvalue weighted by Gasteiger charge is 2.19. The van der Waals surface area contributed by atoms with Crippen molar-refractivity contribution < 1.29 is 8.42 Å². The fourth-order valence-electron chi connectivity index (χ4n) is 1.98. The monoisotopic (exact) mass is 358 g/mol. The first kappa shape index (κ1) is 15.2. The summed E-state index contributed by atoms with van der Waals surface area (Å²) in [5.41, 5.74) is 1.04. The minimum Gasteiger partial charge on any atom is -0.306 e. The highest BCUT2D eigenvalue weighted by Crippen LogP contribution is 2.25. The van der Waals surface area contributed by atoms with Gasteiger partial charge in [-0.3, -0.25) is 0 Å². The average molecular weight is 359 g/mol. The molecule has 0 atom stereocenters.